The smallest absolute Gasteiger partial charge is 0.200 e. The van der Waals surface area contributed by atoms with Gasteiger partial charge < -0.3 is 4.74 Å². The molecular formula is C17H15BrO3. The maximum atomic E-state index is 12.0. The number of carbonyl (C=O) groups is 2. The first-order valence-electron chi connectivity index (χ1n) is 6.54. The van der Waals surface area contributed by atoms with Gasteiger partial charge in [-0.15, -0.1) is 0 Å². The Morgan fingerprint density at radius 3 is 2.19 bits per heavy atom. The van der Waals surface area contributed by atoms with E-state index in [9.17, 15) is 9.59 Å². The number of ether oxygens (including phenoxy) is 1. The molecule has 3 nitrogen and oxygen atoms in total. The third-order valence-corrected chi connectivity index (χ3v) is 3.44. The number of benzene rings is 2. The van der Waals surface area contributed by atoms with Crippen molar-refractivity contribution in [3.63, 3.8) is 0 Å². The van der Waals surface area contributed by atoms with E-state index in [2.05, 4.69) is 15.9 Å². The molecule has 0 spiro atoms. The molecule has 108 valence electrons. The normalized spacial score (nSPS) is 10.2. The highest BCUT2D eigenvalue weighted by Crippen LogP contribution is 2.14. The van der Waals surface area contributed by atoms with Crippen LogP contribution in [0.2, 0.25) is 0 Å². The van der Waals surface area contributed by atoms with Gasteiger partial charge in [0, 0.05) is 16.5 Å². The number of Topliss-reactive ketones (excluding diaryl/α,β-unsaturated/α-hetero) is 2. The molecule has 0 atom stereocenters. The van der Waals surface area contributed by atoms with Crippen molar-refractivity contribution >= 4 is 27.5 Å². The van der Waals surface area contributed by atoms with Gasteiger partial charge in [-0.05, 0) is 36.8 Å². The third-order valence-electron chi connectivity index (χ3n) is 2.91. The second-order valence-corrected chi connectivity index (χ2v) is 5.66. The van der Waals surface area contributed by atoms with Crippen molar-refractivity contribution in [2.24, 2.45) is 0 Å². The molecule has 4 heteroatoms. The van der Waals surface area contributed by atoms with Crippen LogP contribution in [0.3, 0.4) is 0 Å². The van der Waals surface area contributed by atoms with Crippen LogP contribution in [0, 0.1) is 0 Å². The van der Waals surface area contributed by atoms with E-state index < -0.39 is 0 Å². The topological polar surface area (TPSA) is 43.4 Å². The molecule has 0 saturated carbocycles. The zero-order valence-electron chi connectivity index (χ0n) is 11.6. The number of carbonyl (C=O) groups excluding carboxylic acids is 2. The Morgan fingerprint density at radius 1 is 1.00 bits per heavy atom. The molecule has 0 N–H and O–H groups in total. The largest absolute Gasteiger partial charge is 0.485 e. The average molecular weight is 347 g/mol. The van der Waals surface area contributed by atoms with Crippen molar-refractivity contribution in [2.45, 2.75) is 13.3 Å². The Kier molecular flexibility index (Phi) is 5.28. The van der Waals surface area contributed by atoms with Crippen molar-refractivity contribution in [3.8, 4) is 5.75 Å². The number of halogens is 1. The SMILES string of the molecule is CC(=O)Cc1ccc(OCC(=O)c2ccc(Br)cc2)cc1. The predicted octanol–water partition coefficient (Wildman–Crippen LogP) is 3.84. The fraction of sp³-hybridized carbons (Fsp3) is 0.176. The van der Waals surface area contributed by atoms with Gasteiger partial charge in [-0.25, -0.2) is 0 Å². The lowest BCUT2D eigenvalue weighted by atomic mass is 10.1. The number of hydrogen-bond donors (Lipinski definition) is 0. The fourth-order valence-electron chi connectivity index (χ4n) is 1.86. The first kappa shape index (κ1) is 15.4. The summed E-state index contributed by atoms with van der Waals surface area (Å²) in [5, 5.41) is 0. The Labute approximate surface area is 132 Å². The maximum Gasteiger partial charge on any atom is 0.200 e. The summed E-state index contributed by atoms with van der Waals surface area (Å²) in [5.41, 5.74) is 1.56. The van der Waals surface area contributed by atoms with Crippen molar-refractivity contribution in [1.82, 2.24) is 0 Å². The van der Waals surface area contributed by atoms with E-state index in [1.54, 1.807) is 31.2 Å². The molecule has 2 rings (SSSR count). The lowest BCUT2D eigenvalue weighted by Crippen LogP contribution is -2.11. The number of ketones is 2. The molecule has 0 heterocycles. The third kappa shape index (κ3) is 4.83. The first-order chi connectivity index (χ1) is 10.0. The summed E-state index contributed by atoms with van der Waals surface area (Å²) in [6.45, 7) is 1.55. The van der Waals surface area contributed by atoms with Crippen molar-refractivity contribution in [2.75, 3.05) is 6.61 Å². The van der Waals surface area contributed by atoms with Gasteiger partial charge in [0.25, 0.3) is 0 Å². The van der Waals surface area contributed by atoms with Crippen molar-refractivity contribution in [1.29, 1.82) is 0 Å². The zero-order valence-corrected chi connectivity index (χ0v) is 13.2. The number of hydrogen-bond acceptors (Lipinski definition) is 3. The molecular weight excluding hydrogens is 332 g/mol. The lowest BCUT2D eigenvalue weighted by molar-refractivity contribution is -0.116. The highest BCUT2D eigenvalue weighted by Gasteiger charge is 2.07. The van der Waals surface area contributed by atoms with Gasteiger partial charge >= 0.3 is 0 Å². The van der Waals surface area contributed by atoms with Crippen LogP contribution in [0.1, 0.15) is 22.8 Å². The second kappa shape index (κ2) is 7.18. The Balaban J connectivity index is 1.92. The van der Waals surface area contributed by atoms with Gasteiger partial charge in [0.2, 0.25) is 0 Å². The summed E-state index contributed by atoms with van der Waals surface area (Å²) in [4.78, 5) is 23.0. The van der Waals surface area contributed by atoms with Crippen LogP contribution in [0.5, 0.6) is 5.75 Å². The number of rotatable bonds is 6. The van der Waals surface area contributed by atoms with Crippen LogP contribution in [0.4, 0.5) is 0 Å². The van der Waals surface area contributed by atoms with Gasteiger partial charge in [0.1, 0.15) is 11.5 Å². The monoisotopic (exact) mass is 346 g/mol. The molecule has 0 radical (unpaired) electrons. The van der Waals surface area contributed by atoms with Gasteiger partial charge in [-0.2, -0.15) is 0 Å². The fourth-order valence-corrected chi connectivity index (χ4v) is 2.12. The van der Waals surface area contributed by atoms with Gasteiger partial charge in [0.15, 0.2) is 12.4 Å². The molecule has 0 bridgehead atoms. The molecule has 0 saturated heterocycles. The van der Waals surface area contributed by atoms with E-state index in [0.717, 1.165) is 10.0 Å². The molecule has 0 aromatic heterocycles. The van der Waals surface area contributed by atoms with Gasteiger partial charge in [0.05, 0.1) is 0 Å². The average Bonchev–Trinajstić information content (AvgIpc) is 2.46. The minimum absolute atomic E-state index is 0.00626. The minimum Gasteiger partial charge on any atom is -0.485 e. The van der Waals surface area contributed by atoms with Crippen molar-refractivity contribution in [3.05, 3.63) is 64.1 Å². The predicted molar refractivity (Wildman–Crippen MR) is 84.8 cm³/mol. The van der Waals surface area contributed by atoms with E-state index in [4.69, 9.17) is 4.74 Å². The summed E-state index contributed by atoms with van der Waals surface area (Å²) in [5.74, 6) is 0.664. The molecule has 0 amide bonds. The molecule has 0 unspecified atom stereocenters. The van der Waals surface area contributed by atoms with Gasteiger partial charge in [-0.1, -0.05) is 40.2 Å². The molecule has 0 aliphatic carbocycles. The quantitative estimate of drug-likeness (QED) is 0.746. The van der Waals surface area contributed by atoms with E-state index in [1.165, 1.54) is 0 Å². The molecule has 0 fully saturated rings. The Hall–Kier alpha value is -1.94. The summed E-state index contributed by atoms with van der Waals surface area (Å²) in [6.07, 6.45) is 0.415. The first-order valence-corrected chi connectivity index (χ1v) is 7.34. The van der Waals surface area contributed by atoms with E-state index in [-0.39, 0.29) is 18.2 Å². The molecule has 2 aromatic rings. The van der Waals surface area contributed by atoms with Crippen molar-refractivity contribution < 1.29 is 14.3 Å². The lowest BCUT2D eigenvalue weighted by Gasteiger charge is -2.06. The molecule has 21 heavy (non-hydrogen) atoms. The molecule has 0 aliphatic rings. The van der Waals surface area contributed by atoms with Crippen LogP contribution in [-0.4, -0.2) is 18.2 Å². The van der Waals surface area contributed by atoms with E-state index in [1.807, 2.05) is 24.3 Å². The summed E-state index contributed by atoms with van der Waals surface area (Å²) < 4.78 is 6.40. The zero-order chi connectivity index (χ0) is 15.2. The van der Waals surface area contributed by atoms with E-state index in [0.29, 0.717) is 17.7 Å². The summed E-state index contributed by atoms with van der Waals surface area (Å²) >= 11 is 3.33. The van der Waals surface area contributed by atoms with Crippen LogP contribution in [0.25, 0.3) is 0 Å². The maximum absolute atomic E-state index is 12.0. The minimum atomic E-state index is -0.0738. The Bertz CT molecular complexity index is 630. The Morgan fingerprint density at radius 2 is 1.62 bits per heavy atom. The summed E-state index contributed by atoms with van der Waals surface area (Å²) in [7, 11) is 0. The highest BCUT2D eigenvalue weighted by molar-refractivity contribution is 9.10. The van der Waals surface area contributed by atoms with Crippen LogP contribution in [0.15, 0.2) is 53.0 Å². The van der Waals surface area contributed by atoms with Gasteiger partial charge in [-0.3, -0.25) is 9.59 Å². The van der Waals surface area contributed by atoms with Crippen LogP contribution >= 0.6 is 15.9 Å². The van der Waals surface area contributed by atoms with E-state index >= 15 is 0 Å². The highest BCUT2D eigenvalue weighted by atomic mass is 79.9. The van der Waals surface area contributed by atoms with Crippen LogP contribution < -0.4 is 4.74 Å². The second-order valence-electron chi connectivity index (χ2n) is 4.74. The summed E-state index contributed by atoms with van der Waals surface area (Å²) in [6, 6.07) is 14.4. The molecule has 0 aliphatic heterocycles. The van der Waals surface area contributed by atoms with Crippen LogP contribution in [-0.2, 0) is 11.2 Å². The standard InChI is InChI=1S/C17H15BrO3/c1-12(19)10-13-2-8-16(9-3-13)21-11-17(20)14-4-6-15(18)7-5-14/h2-9H,10-11H2,1H3. The molecule has 2 aromatic carbocycles.